The van der Waals surface area contributed by atoms with Crippen molar-refractivity contribution in [3.05, 3.63) is 109 Å². The van der Waals surface area contributed by atoms with Gasteiger partial charge in [-0.2, -0.15) is 5.26 Å². The number of hydrogen-bond acceptors (Lipinski definition) is 3. The molecule has 36 heavy (non-hydrogen) atoms. The van der Waals surface area contributed by atoms with Crippen LogP contribution in [0.4, 0.5) is 0 Å². The van der Waals surface area contributed by atoms with Crippen molar-refractivity contribution in [3.8, 4) is 23.3 Å². The number of benzene rings is 4. The number of hydrogen-bond donors (Lipinski definition) is 0. The zero-order valence-corrected chi connectivity index (χ0v) is 19.1. The molecule has 0 amide bonds. The van der Waals surface area contributed by atoms with E-state index < -0.39 is 0 Å². The zero-order valence-electron chi connectivity index (χ0n) is 19.1. The molecule has 166 valence electrons. The monoisotopic (exact) mass is 459 g/mol. The van der Waals surface area contributed by atoms with Crippen molar-refractivity contribution in [2.45, 2.75) is 0 Å². The summed E-state index contributed by atoms with van der Waals surface area (Å²) in [5.74, 6) is 0.625. The number of rotatable bonds is 2. The third kappa shape index (κ3) is 2.42. The van der Waals surface area contributed by atoms with Crippen LogP contribution in [0, 0.1) is 11.3 Å². The van der Waals surface area contributed by atoms with E-state index >= 15 is 0 Å². The van der Waals surface area contributed by atoms with Crippen LogP contribution >= 0.6 is 0 Å². The molecule has 0 fully saturated rings. The minimum atomic E-state index is 0.625. The molecule has 5 nitrogen and oxygen atoms in total. The predicted octanol–water partition coefficient (Wildman–Crippen LogP) is 7.11. The highest BCUT2D eigenvalue weighted by Gasteiger charge is 2.21. The number of para-hydroxylation sites is 2. The summed E-state index contributed by atoms with van der Waals surface area (Å²) in [5, 5.41) is 15.2. The van der Waals surface area contributed by atoms with Gasteiger partial charge in [-0.3, -0.25) is 4.57 Å². The molecule has 0 spiro atoms. The maximum absolute atomic E-state index is 9.17. The Kier molecular flexibility index (Phi) is 3.67. The minimum Gasteiger partial charge on any atom is -0.315 e. The summed E-state index contributed by atoms with van der Waals surface area (Å²) < 4.78 is 4.48. The largest absolute Gasteiger partial charge is 0.315 e. The fraction of sp³-hybridized carbons (Fsp3) is 0. The Morgan fingerprint density at radius 3 is 2.44 bits per heavy atom. The van der Waals surface area contributed by atoms with E-state index in [0.29, 0.717) is 11.5 Å². The Morgan fingerprint density at radius 2 is 1.56 bits per heavy atom. The first-order valence-electron chi connectivity index (χ1n) is 11.8. The molecule has 0 aliphatic carbocycles. The zero-order chi connectivity index (χ0) is 23.8. The summed E-state index contributed by atoms with van der Waals surface area (Å²) in [6.45, 7) is 0. The van der Waals surface area contributed by atoms with Crippen LogP contribution < -0.4 is 0 Å². The molecule has 0 N–H and O–H groups in total. The lowest BCUT2D eigenvalue weighted by Crippen LogP contribution is -2.02. The molecule has 4 aromatic carbocycles. The van der Waals surface area contributed by atoms with Gasteiger partial charge in [0, 0.05) is 44.9 Å². The van der Waals surface area contributed by atoms with E-state index in [4.69, 9.17) is 15.2 Å². The molecule has 4 heterocycles. The van der Waals surface area contributed by atoms with Gasteiger partial charge in [0.05, 0.1) is 39.4 Å². The average Bonchev–Trinajstić information content (AvgIpc) is 3.62. The standard InChI is InChI=1S/C31H17N5/c32-18-19-8-10-20(11-9-19)25-14-16-33-31(34-25)36-26-7-2-1-5-22(26)23-12-13-27-28(30(23)36)24-6-3-4-21-15-17-35(27)29(21)24/h1-17H. The third-order valence-electron chi connectivity index (χ3n) is 7.21. The molecule has 0 saturated heterocycles. The fourth-order valence-corrected chi connectivity index (χ4v) is 5.65. The van der Waals surface area contributed by atoms with Gasteiger partial charge in [0.15, 0.2) is 0 Å². The smallest absolute Gasteiger partial charge is 0.235 e. The van der Waals surface area contributed by atoms with Gasteiger partial charge in [0.2, 0.25) is 5.95 Å². The lowest BCUT2D eigenvalue weighted by molar-refractivity contribution is 0.994. The molecule has 0 aliphatic rings. The van der Waals surface area contributed by atoms with Gasteiger partial charge in [-0.05, 0) is 36.4 Å². The van der Waals surface area contributed by atoms with Crippen LogP contribution in [0.15, 0.2) is 103 Å². The average molecular weight is 460 g/mol. The molecule has 5 heteroatoms. The van der Waals surface area contributed by atoms with Crippen LogP contribution in [-0.2, 0) is 0 Å². The van der Waals surface area contributed by atoms with Crippen LogP contribution in [0.2, 0.25) is 0 Å². The molecular formula is C31H17N5. The van der Waals surface area contributed by atoms with E-state index in [2.05, 4.69) is 81.9 Å². The fourth-order valence-electron chi connectivity index (χ4n) is 5.65. The lowest BCUT2D eigenvalue weighted by Gasteiger charge is -2.09. The summed E-state index contributed by atoms with van der Waals surface area (Å²) in [5.41, 5.74) is 6.99. The summed E-state index contributed by atoms with van der Waals surface area (Å²) in [6.07, 6.45) is 3.96. The number of nitrogens with zero attached hydrogens (tertiary/aromatic N) is 5. The minimum absolute atomic E-state index is 0.625. The van der Waals surface area contributed by atoms with Crippen LogP contribution in [0.5, 0.6) is 0 Å². The summed E-state index contributed by atoms with van der Waals surface area (Å²) in [6, 6.07) is 33.2. The van der Waals surface area contributed by atoms with Gasteiger partial charge in [0.1, 0.15) is 0 Å². The SMILES string of the molecule is N#Cc1ccc(-c2ccnc(-n3c4ccccc4c4ccc5c(c6cccc7ccn5c76)c43)n2)cc1. The summed E-state index contributed by atoms with van der Waals surface area (Å²) in [4.78, 5) is 9.76. The Labute approximate surface area is 205 Å². The van der Waals surface area contributed by atoms with Crippen molar-refractivity contribution in [3.63, 3.8) is 0 Å². The normalized spacial score (nSPS) is 11.9. The highest BCUT2D eigenvalue weighted by Crippen LogP contribution is 2.41. The molecular weight excluding hydrogens is 442 g/mol. The second-order valence-corrected chi connectivity index (χ2v) is 9.07. The maximum Gasteiger partial charge on any atom is 0.235 e. The predicted molar refractivity (Wildman–Crippen MR) is 144 cm³/mol. The van der Waals surface area contributed by atoms with E-state index in [0.717, 1.165) is 22.3 Å². The molecule has 8 rings (SSSR count). The third-order valence-corrected chi connectivity index (χ3v) is 7.21. The molecule has 0 bridgehead atoms. The van der Waals surface area contributed by atoms with E-state index in [1.807, 2.05) is 36.5 Å². The van der Waals surface area contributed by atoms with Crippen molar-refractivity contribution in [1.82, 2.24) is 18.9 Å². The van der Waals surface area contributed by atoms with Crippen molar-refractivity contribution < 1.29 is 0 Å². The Balaban J connectivity index is 1.51. The molecule has 4 aromatic heterocycles. The van der Waals surface area contributed by atoms with Crippen LogP contribution in [0.3, 0.4) is 0 Å². The molecule has 0 aliphatic heterocycles. The summed E-state index contributed by atoms with van der Waals surface area (Å²) >= 11 is 0. The van der Waals surface area contributed by atoms with Crippen molar-refractivity contribution in [2.24, 2.45) is 0 Å². The van der Waals surface area contributed by atoms with Gasteiger partial charge in [-0.1, -0.05) is 54.6 Å². The second kappa shape index (κ2) is 6.91. The van der Waals surface area contributed by atoms with Gasteiger partial charge in [0.25, 0.3) is 0 Å². The Morgan fingerprint density at radius 1 is 0.694 bits per heavy atom. The quantitative estimate of drug-likeness (QED) is 0.277. The molecule has 0 unspecified atom stereocenters. The van der Waals surface area contributed by atoms with Gasteiger partial charge >= 0.3 is 0 Å². The van der Waals surface area contributed by atoms with Gasteiger partial charge < -0.3 is 4.40 Å². The van der Waals surface area contributed by atoms with Crippen molar-refractivity contribution in [2.75, 3.05) is 0 Å². The highest BCUT2D eigenvalue weighted by atomic mass is 15.2. The maximum atomic E-state index is 9.17. The van der Waals surface area contributed by atoms with Crippen molar-refractivity contribution in [1.29, 1.82) is 5.26 Å². The highest BCUT2D eigenvalue weighted by molar-refractivity contribution is 6.27. The van der Waals surface area contributed by atoms with Gasteiger partial charge in [-0.25, -0.2) is 9.97 Å². The Hall–Kier alpha value is -5.21. The van der Waals surface area contributed by atoms with Crippen LogP contribution in [0.1, 0.15) is 5.56 Å². The first kappa shape index (κ1) is 19.1. The van der Waals surface area contributed by atoms with Crippen LogP contribution in [-0.4, -0.2) is 18.9 Å². The van der Waals surface area contributed by atoms with E-state index in [1.165, 1.54) is 38.0 Å². The van der Waals surface area contributed by atoms with Crippen molar-refractivity contribution >= 4 is 49.0 Å². The van der Waals surface area contributed by atoms with E-state index in [-0.39, 0.29) is 0 Å². The molecule has 0 saturated carbocycles. The topological polar surface area (TPSA) is 58.9 Å². The first-order chi connectivity index (χ1) is 17.8. The number of nitriles is 1. The summed E-state index contributed by atoms with van der Waals surface area (Å²) in [7, 11) is 0. The first-order valence-corrected chi connectivity index (χ1v) is 11.8. The molecule has 8 aromatic rings. The van der Waals surface area contributed by atoms with E-state index in [1.54, 1.807) is 0 Å². The number of fused-ring (bicyclic) bond motifs is 7. The molecule has 0 radical (unpaired) electrons. The number of aromatic nitrogens is 4. The second-order valence-electron chi connectivity index (χ2n) is 9.07. The van der Waals surface area contributed by atoms with Crippen LogP contribution in [0.25, 0.3) is 66.2 Å². The Bertz CT molecular complexity index is 2160. The molecule has 0 atom stereocenters. The lowest BCUT2D eigenvalue weighted by atomic mass is 10.1. The van der Waals surface area contributed by atoms with Gasteiger partial charge in [-0.15, -0.1) is 0 Å². The van der Waals surface area contributed by atoms with E-state index in [9.17, 15) is 0 Å².